The molecule has 0 aromatic heterocycles. The molecule has 1 atom stereocenters. The third-order valence-electron chi connectivity index (χ3n) is 3.95. The van der Waals surface area contributed by atoms with Crippen molar-refractivity contribution in [3.63, 3.8) is 0 Å². The van der Waals surface area contributed by atoms with Gasteiger partial charge in [-0.3, -0.25) is 4.79 Å². The molecule has 1 unspecified atom stereocenters. The predicted octanol–water partition coefficient (Wildman–Crippen LogP) is 3.84. The first-order chi connectivity index (χ1) is 10.2. The smallest absolute Gasteiger partial charge is 0.252 e. The zero-order chi connectivity index (χ0) is 14.8. The Bertz CT molecular complexity index is 684. The number of nitrogens with two attached hydrogens (primary N) is 1. The van der Waals surface area contributed by atoms with Crippen LogP contribution in [0.4, 0.5) is 5.69 Å². The quantitative estimate of drug-likeness (QED) is 0.813. The molecule has 1 aliphatic carbocycles. The fourth-order valence-corrected chi connectivity index (χ4v) is 3.31. The van der Waals surface area contributed by atoms with Crippen molar-refractivity contribution in [2.75, 3.05) is 5.73 Å². The van der Waals surface area contributed by atoms with E-state index in [2.05, 4.69) is 39.4 Å². The molecule has 4 heteroatoms. The third kappa shape index (κ3) is 2.81. The molecule has 0 bridgehead atoms. The lowest BCUT2D eigenvalue weighted by molar-refractivity contribution is 0.0932. The summed E-state index contributed by atoms with van der Waals surface area (Å²) in [7, 11) is 0. The normalized spacial score (nSPS) is 17.1. The van der Waals surface area contributed by atoms with Crippen molar-refractivity contribution in [1.29, 1.82) is 0 Å². The molecule has 1 amide bonds. The largest absolute Gasteiger partial charge is 0.398 e. The average Bonchev–Trinajstić information content (AvgIpc) is 2.50. The number of rotatable bonds is 2. The Labute approximate surface area is 132 Å². The fraction of sp³-hybridized carbons (Fsp3) is 0.235. The van der Waals surface area contributed by atoms with E-state index in [1.54, 1.807) is 18.2 Å². The first-order valence-electron chi connectivity index (χ1n) is 7.09. The summed E-state index contributed by atoms with van der Waals surface area (Å²) in [4.78, 5) is 12.5. The topological polar surface area (TPSA) is 55.1 Å². The molecule has 0 spiro atoms. The number of hydrogen-bond acceptors (Lipinski definition) is 2. The van der Waals surface area contributed by atoms with Gasteiger partial charge in [0.05, 0.1) is 16.1 Å². The first-order valence-corrected chi connectivity index (χ1v) is 7.89. The van der Waals surface area contributed by atoms with Crippen LogP contribution in [0, 0.1) is 0 Å². The minimum atomic E-state index is -0.0871. The monoisotopic (exact) mass is 344 g/mol. The van der Waals surface area contributed by atoms with Gasteiger partial charge in [-0.15, -0.1) is 0 Å². The van der Waals surface area contributed by atoms with Gasteiger partial charge in [-0.25, -0.2) is 0 Å². The zero-order valence-corrected chi connectivity index (χ0v) is 13.2. The SMILES string of the molecule is Nc1cccc(C(=O)NC2CCCc3ccccc32)c1Br. The number of carbonyl (C=O) groups excluding carboxylic acids is 1. The van der Waals surface area contributed by atoms with Gasteiger partial charge in [-0.05, 0) is 58.5 Å². The Kier molecular flexibility index (Phi) is 3.97. The van der Waals surface area contributed by atoms with Crippen molar-refractivity contribution in [3.05, 3.63) is 63.6 Å². The van der Waals surface area contributed by atoms with Gasteiger partial charge in [0.15, 0.2) is 0 Å². The number of carbonyl (C=O) groups is 1. The number of benzene rings is 2. The summed E-state index contributed by atoms with van der Waals surface area (Å²) in [6.45, 7) is 0. The summed E-state index contributed by atoms with van der Waals surface area (Å²) in [6, 6.07) is 13.8. The van der Waals surface area contributed by atoms with Crippen LogP contribution in [-0.2, 0) is 6.42 Å². The molecule has 108 valence electrons. The van der Waals surface area contributed by atoms with Gasteiger partial charge >= 0.3 is 0 Å². The lowest BCUT2D eigenvalue weighted by Gasteiger charge is -2.26. The molecule has 0 saturated carbocycles. The summed E-state index contributed by atoms with van der Waals surface area (Å²) in [5.41, 5.74) is 9.57. The van der Waals surface area contributed by atoms with Crippen molar-refractivity contribution in [3.8, 4) is 0 Å². The van der Waals surface area contributed by atoms with Crippen molar-refractivity contribution in [2.45, 2.75) is 25.3 Å². The summed E-state index contributed by atoms with van der Waals surface area (Å²) < 4.78 is 0.659. The molecule has 0 fully saturated rings. The van der Waals surface area contributed by atoms with Crippen LogP contribution in [0.25, 0.3) is 0 Å². The molecule has 3 nitrogen and oxygen atoms in total. The zero-order valence-electron chi connectivity index (χ0n) is 11.6. The van der Waals surface area contributed by atoms with Crippen LogP contribution in [0.5, 0.6) is 0 Å². The Hall–Kier alpha value is -1.81. The molecule has 21 heavy (non-hydrogen) atoms. The number of fused-ring (bicyclic) bond motifs is 1. The van der Waals surface area contributed by atoms with Gasteiger partial charge in [0.1, 0.15) is 0 Å². The third-order valence-corrected chi connectivity index (χ3v) is 4.83. The Balaban J connectivity index is 1.85. The van der Waals surface area contributed by atoms with E-state index in [1.807, 2.05) is 6.07 Å². The molecular formula is C17H17BrN2O. The van der Waals surface area contributed by atoms with Crippen molar-refractivity contribution < 1.29 is 4.79 Å². The highest BCUT2D eigenvalue weighted by Gasteiger charge is 2.22. The molecule has 1 aliphatic rings. The number of amides is 1. The maximum atomic E-state index is 12.5. The molecule has 0 heterocycles. The lowest BCUT2D eigenvalue weighted by Crippen LogP contribution is -2.31. The summed E-state index contributed by atoms with van der Waals surface area (Å²) in [5.74, 6) is -0.0871. The summed E-state index contributed by atoms with van der Waals surface area (Å²) in [5, 5.41) is 3.13. The Morgan fingerprint density at radius 1 is 1.19 bits per heavy atom. The number of hydrogen-bond donors (Lipinski definition) is 2. The minimum Gasteiger partial charge on any atom is -0.398 e. The Morgan fingerprint density at radius 2 is 2.00 bits per heavy atom. The van der Waals surface area contributed by atoms with Crippen LogP contribution in [0.2, 0.25) is 0 Å². The molecule has 3 N–H and O–H groups in total. The first kappa shape index (κ1) is 14.1. The van der Waals surface area contributed by atoms with Crippen LogP contribution < -0.4 is 11.1 Å². The predicted molar refractivity (Wildman–Crippen MR) is 88.1 cm³/mol. The number of anilines is 1. The van der Waals surface area contributed by atoms with E-state index in [1.165, 1.54) is 11.1 Å². The molecule has 0 saturated heterocycles. The van der Waals surface area contributed by atoms with Gasteiger partial charge in [0.25, 0.3) is 5.91 Å². The molecule has 2 aromatic carbocycles. The van der Waals surface area contributed by atoms with Gasteiger partial charge < -0.3 is 11.1 Å². The average molecular weight is 345 g/mol. The van der Waals surface area contributed by atoms with Crippen LogP contribution >= 0.6 is 15.9 Å². The van der Waals surface area contributed by atoms with Crippen LogP contribution in [0.15, 0.2) is 46.9 Å². The Morgan fingerprint density at radius 3 is 2.86 bits per heavy atom. The van der Waals surface area contributed by atoms with Crippen molar-refractivity contribution >= 4 is 27.5 Å². The molecule has 0 aliphatic heterocycles. The van der Waals surface area contributed by atoms with Crippen LogP contribution in [0.3, 0.4) is 0 Å². The number of nitrogen functional groups attached to an aromatic ring is 1. The van der Waals surface area contributed by atoms with Gasteiger partial charge in [0.2, 0.25) is 0 Å². The number of halogens is 1. The number of aryl methyl sites for hydroxylation is 1. The van der Waals surface area contributed by atoms with Gasteiger partial charge in [-0.2, -0.15) is 0 Å². The molecular weight excluding hydrogens is 328 g/mol. The second-order valence-corrected chi connectivity index (χ2v) is 6.12. The maximum Gasteiger partial charge on any atom is 0.252 e. The van der Waals surface area contributed by atoms with E-state index in [0.717, 1.165) is 19.3 Å². The molecule has 0 radical (unpaired) electrons. The molecule has 3 rings (SSSR count). The fourth-order valence-electron chi connectivity index (χ4n) is 2.87. The van der Waals surface area contributed by atoms with E-state index in [9.17, 15) is 4.79 Å². The van der Waals surface area contributed by atoms with Gasteiger partial charge in [0, 0.05) is 5.69 Å². The van der Waals surface area contributed by atoms with E-state index in [-0.39, 0.29) is 11.9 Å². The van der Waals surface area contributed by atoms with Crippen molar-refractivity contribution in [2.24, 2.45) is 0 Å². The van der Waals surface area contributed by atoms with E-state index >= 15 is 0 Å². The second kappa shape index (κ2) is 5.90. The lowest BCUT2D eigenvalue weighted by atomic mass is 9.87. The van der Waals surface area contributed by atoms with Crippen molar-refractivity contribution in [1.82, 2.24) is 5.32 Å². The van der Waals surface area contributed by atoms with Gasteiger partial charge in [-0.1, -0.05) is 30.3 Å². The highest BCUT2D eigenvalue weighted by Crippen LogP contribution is 2.30. The standard InChI is InChI=1S/C17H17BrN2O/c18-16-13(8-4-9-14(16)19)17(21)20-15-10-3-6-11-5-1-2-7-12(11)15/h1-2,4-5,7-9,15H,3,6,10,19H2,(H,20,21). The second-order valence-electron chi connectivity index (χ2n) is 5.33. The summed E-state index contributed by atoms with van der Waals surface area (Å²) in [6.07, 6.45) is 3.16. The summed E-state index contributed by atoms with van der Waals surface area (Å²) >= 11 is 3.39. The van der Waals surface area contributed by atoms with Crippen LogP contribution in [-0.4, -0.2) is 5.91 Å². The highest BCUT2D eigenvalue weighted by atomic mass is 79.9. The minimum absolute atomic E-state index is 0.0794. The number of nitrogens with one attached hydrogen (secondary N) is 1. The van der Waals surface area contributed by atoms with Crippen LogP contribution in [0.1, 0.15) is 40.4 Å². The molecule has 2 aromatic rings. The van der Waals surface area contributed by atoms with E-state index in [0.29, 0.717) is 15.7 Å². The van der Waals surface area contributed by atoms with E-state index < -0.39 is 0 Å². The van der Waals surface area contributed by atoms with E-state index in [4.69, 9.17) is 5.73 Å². The highest BCUT2D eigenvalue weighted by molar-refractivity contribution is 9.10. The maximum absolute atomic E-state index is 12.5.